The van der Waals surface area contributed by atoms with Gasteiger partial charge in [-0.05, 0) is 55.3 Å². The van der Waals surface area contributed by atoms with Crippen LogP contribution in [0.1, 0.15) is 29.3 Å². The van der Waals surface area contributed by atoms with E-state index in [0.29, 0.717) is 10.4 Å². The fraction of sp³-hybridized carbons (Fsp3) is 0.250. The lowest BCUT2D eigenvalue weighted by molar-refractivity contribution is 0.0997. The summed E-state index contributed by atoms with van der Waals surface area (Å²) in [5, 5.41) is 0. The molecular formula is C24H27N3O3S2. The van der Waals surface area contributed by atoms with Crippen molar-refractivity contribution < 1.29 is 13.2 Å². The highest BCUT2D eigenvalue weighted by Gasteiger charge is 2.22. The van der Waals surface area contributed by atoms with E-state index >= 15 is 0 Å². The Morgan fingerprint density at radius 3 is 2.38 bits per heavy atom. The Morgan fingerprint density at radius 1 is 1.12 bits per heavy atom. The van der Waals surface area contributed by atoms with Crippen LogP contribution in [-0.4, -0.2) is 36.3 Å². The first kappa shape index (κ1) is 23.8. The van der Waals surface area contributed by atoms with Gasteiger partial charge in [0.25, 0.3) is 5.91 Å². The number of hydrogen-bond acceptors (Lipinski definition) is 4. The molecule has 0 atom stereocenters. The third kappa shape index (κ3) is 4.98. The molecule has 1 heterocycles. The van der Waals surface area contributed by atoms with Crippen molar-refractivity contribution in [1.29, 1.82) is 0 Å². The van der Waals surface area contributed by atoms with Crippen molar-refractivity contribution in [1.82, 2.24) is 8.87 Å². The first-order chi connectivity index (χ1) is 15.3. The van der Waals surface area contributed by atoms with E-state index in [4.69, 9.17) is 0 Å². The van der Waals surface area contributed by atoms with Crippen LogP contribution >= 0.6 is 11.3 Å². The molecule has 0 aliphatic heterocycles. The zero-order valence-corrected chi connectivity index (χ0v) is 20.0. The maximum atomic E-state index is 12.9. The molecule has 1 aromatic heterocycles. The smallest absolute Gasteiger partial charge is 0.279 e. The summed E-state index contributed by atoms with van der Waals surface area (Å²) in [6.07, 6.45) is 3.96. The molecule has 0 radical (unpaired) electrons. The van der Waals surface area contributed by atoms with E-state index in [1.54, 1.807) is 0 Å². The Hall–Kier alpha value is -2.81. The lowest BCUT2D eigenvalue weighted by Gasteiger charge is -2.19. The van der Waals surface area contributed by atoms with E-state index < -0.39 is 15.9 Å². The number of aryl methyl sites for hydroxylation is 2. The highest BCUT2D eigenvalue weighted by Crippen LogP contribution is 2.20. The van der Waals surface area contributed by atoms with Crippen molar-refractivity contribution in [3.8, 4) is 0 Å². The summed E-state index contributed by atoms with van der Waals surface area (Å²) in [6.45, 7) is 12.4. The Bertz CT molecular complexity index is 1310. The quantitative estimate of drug-likeness (QED) is 0.433. The van der Waals surface area contributed by atoms with Crippen molar-refractivity contribution in [3.05, 3.63) is 83.7 Å². The molecule has 8 heteroatoms. The van der Waals surface area contributed by atoms with Gasteiger partial charge < -0.3 is 4.57 Å². The fourth-order valence-corrected chi connectivity index (χ4v) is 5.87. The number of sulfonamides is 1. The molecule has 0 unspecified atom stereocenters. The molecule has 0 spiro atoms. The number of benzene rings is 2. The summed E-state index contributed by atoms with van der Waals surface area (Å²) in [5.41, 5.74) is 2.54. The van der Waals surface area contributed by atoms with Crippen LogP contribution in [0.3, 0.4) is 0 Å². The van der Waals surface area contributed by atoms with Gasteiger partial charge in [-0.15, -0.1) is 13.2 Å². The Labute approximate surface area is 192 Å². The SMILES string of the molecule is C=CCN(CC=C)S(=O)(=O)c1ccc(C(=O)N=c2sc3cc(C)ccc3n2CCC)cc1. The van der Waals surface area contributed by atoms with Gasteiger partial charge in [-0.25, -0.2) is 8.42 Å². The number of aromatic nitrogens is 1. The normalized spacial score (nSPS) is 12.4. The van der Waals surface area contributed by atoms with Crippen molar-refractivity contribution in [2.45, 2.75) is 31.7 Å². The number of thiazole rings is 1. The molecule has 168 valence electrons. The highest BCUT2D eigenvalue weighted by atomic mass is 32.2. The molecule has 6 nitrogen and oxygen atoms in total. The summed E-state index contributed by atoms with van der Waals surface area (Å²) < 4.78 is 30.1. The third-order valence-electron chi connectivity index (χ3n) is 4.89. The molecule has 2 aromatic carbocycles. The van der Waals surface area contributed by atoms with Crippen LogP contribution in [0.25, 0.3) is 10.2 Å². The van der Waals surface area contributed by atoms with E-state index in [1.807, 2.05) is 13.0 Å². The van der Waals surface area contributed by atoms with Crippen LogP contribution in [0, 0.1) is 6.92 Å². The lowest BCUT2D eigenvalue weighted by Crippen LogP contribution is -2.31. The summed E-state index contributed by atoms with van der Waals surface area (Å²) >= 11 is 1.48. The zero-order chi connectivity index (χ0) is 23.3. The first-order valence-electron chi connectivity index (χ1n) is 10.3. The fourth-order valence-electron chi connectivity index (χ4n) is 3.33. The average Bonchev–Trinajstić information content (AvgIpc) is 3.09. The van der Waals surface area contributed by atoms with Gasteiger partial charge in [-0.3, -0.25) is 4.79 Å². The molecule has 0 aliphatic carbocycles. The average molecular weight is 470 g/mol. The van der Waals surface area contributed by atoms with E-state index in [2.05, 4.69) is 41.8 Å². The van der Waals surface area contributed by atoms with Gasteiger partial charge in [0, 0.05) is 25.2 Å². The maximum Gasteiger partial charge on any atom is 0.279 e. The van der Waals surface area contributed by atoms with Crippen LogP contribution in [0.2, 0.25) is 0 Å². The Balaban J connectivity index is 1.96. The number of rotatable bonds is 9. The maximum absolute atomic E-state index is 12.9. The molecule has 0 aliphatic rings. The number of carbonyl (C=O) groups excluding carboxylic acids is 1. The second-order valence-electron chi connectivity index (χ2n) is 7.35. The van der Waals surface area contributed by atoms with Gasteiger partial charge >= 0.3 is 0 Å². The van der Waals surface area contributed by atoms with Crippen molar-refractivity contribution in [2.75, 3.05) is 13.1 Å². The summed E-state index contributed by atoms with van der Waals surface area (Å²) in [6, 6.07) is 12.1. The largest absolute Gasteiger partial charge is 0.316 e. The predicted molar refractivity (Wildman–Crippen MR) is 130 cm³/mol. The van der Waals surface area contributed by atoms with Crippen molar-refractivity contribution >= 4 is 37.5 Å². The van der Waals surface area contributed by atoms with Gasteiger partial charge in [0.05, 0.1) is 15.1 Å². The molecule has 3 aromatic rings. The van der Waals surface area contributed by atoms with E-state index in [-0.39, 0.29) is 18.0 Å². The van der Waals surface area contributed by atoms with E-state index in [0.717, 1.165) is 28.7 Å². The molecule has 3 rings (SSSR count). The summed E-state index contributed by atoms with van der Waals surface area (Å²) in [7, 11) is -3.72. The number of nitrogens with zero attached hydrogens (tertiary/aromatic N) is 3. The first-order valence-corrected chi connectivity index (χ1v) is 12.6. The molecule has 0 bridgehead atoms. The molecule has 1 amide bonds. The van der Waals surface area contributed by atoms with Crippen LogP contribution in [0.15, 0.2) is 77.7 Å². The number of hydrogen-bond donors (Lipinski definition) is 0. The molecule has 0 saturated heterocycles. The van der Waals surface area contributed by atoms with Gasteiger partial charge in [-0.1, -0.05) is 36.5 Å². The number of fused-ring (bicyclic) bond motifs is 1. The van der Waals surface area contributed by atoms with Crippen molar-refractivity contribution in [2.24, 2.45) is 4.99 Å². The molecule has 32 heavy (non-hydrogen) atoms. The highest BCUT2D eigenvalue weighted by molar-refractivity contribution is 7.89. The Kier molecular flexibility index (Phi) is 7.60. The number of amides is 1. The van der Waals surface area contributed by atoms with Gasteiger partial charge in [0.2, 0.25) is 10.0 Å². The summed E-state index contributed by atoms with van der Waals surface area (Å²) in [4.78, 5) is 18.0. The third-order valence-corrected chi connectivity index (χ3v) is 7.77. The van der Waals surface area contributed by atoms with E-state index in [9.17, 15) is 13.2 Å². The molecular weight excluding hydrogens is 442 g/mol. The minimum absolute atomic E-state index is 0.108. The number of carbonyl (C=O) groups is 1. The second kappa shape index (κ2) is 10.2. The van der Waals surface area contributed by atoms with E-state index in [1.165, 1.54) is 52.1 Å². The minimum atomic E-state index is -3.72. The Morgan fingerprint density at radius 2 is 1.78 bits per heavy atom. The van der Waals surface area contributed by atoms with Crippen LogP contribution < -0.4 is 4.80 Å². The standard InChI is InChI=1S/C24H27N3O3S2/c1-5-14-26(15-6-2)32(29,30)20-11-9-19(10-12-20)23(28)25-24-27(16-7-3)21-13-8-18(4)17-22(21)31-24/h5-6,8-13,17H,1-2,7,14-16H2,3-4H3. The second-order valence-corrected chi connectivity index (χ2v) is 10.3. The molecule has 0 N–H and O–H groups in total. The predicted octanol–water partition coefficient (Wildman–Crippen LogP) is 4.53. The van der Waals surface area contributed by atoms with Crippen LogP contribution in [0.4, 0.5) is 0 Å². The summed E-state index contributed by atoms with van der Waals surface area (Å²) in [5.74, 6) is -0.406. The van der Waals surface area contributed by atoms with Crippen molar-refractivity contribution in [3.63, 3.8) is 0 Å². The zero-order valence-electron chi connectivity index (χ0n) is 18.3. The molecule has 0 fully saturated rings. The van der Waals surface area contributed by atoms with Crippen LogP contribution in [-0.2, 0) is 16.6 Å². The van der Waals surface area contributed by atoms with Gasteiger partial charge in [0.1, 0.15) is 0 Å². The topological polar surface area (TPSA) is 71.7 Å². The molecule has 0 saturated carbocycles. The van der Waals surface area contributed by atoms with Crippen LogP contribution in [0.5, 0.6) is 0 Å². The van der Waals surface area contributed by atoms with Gasteiger partial charge in [-0.2, -0.15) is 9.30 Å². The monoisotopic (exact) mass is 469 g/mol. The lowest BCUT2D eigenvalue weighted by atomic mass is 10.2. The van der Waals surface area contributed by atoms with Gasteiger partial charge in [0.15, 0.2) is 4.80 Å². The minimum Gasteiger partial charge on any atom is -0.316 e.